The molecule has 0 aliphatic carbocycles. The summed E-state index contributed by atoms with van der Waals surface area (Å²) in [5.41, 5.74) is -1.90. The summed E-state index contributed by atoms with van der Waals surface area (Å²) in [6.45, 7) is 0. The Hall–Kier alpha value is -7.54. The van der Waals surface area contributed by atoms with Crippen molar-refractivity contribution in [2.75, 3.05) is 0 Å². The first-order chi connectivity index (χ1) is 33.7. The van der Waals surface area contributed by atoms with E-state index in [1.54, 1.807) is 0 Å². The molecule has 0 fully saturated rings. The van der Waals surface area contributed by atoms with E-state index >= 15 is 0 Å². The Morgan fingerprint density at radius 3 is 1.07 bits per heavy atom. The summed E-state index contributed by atoms with van der Waals surface area (Å²) in [4.78, 5) is -5.37. The highest BCUT2D eigenvalue weighted by atomic mass is 32.2. The summed E-state index contributed by atoms with van der Waals surface area (Å²) < 4.78 is 204. The fourth-order valence-corrected chi connectivity index (χ4v) is 10.6. The SMILES string of the molecule is O=S(=O)(O)c1cc(O)c2c(N=Nc3ccc(N=Nc4ccc(N=Nc5cc(S(=O)(=O)O)c(O)c6ccc(S(=O)(=O)O)c(O)c56)c5cc(S(=O)(=O)O)ccc45)c4cc(S(=O)(=O)O)ccc34)cc(S(=O)(=O)O)cc2c1. The van der Waals surface area contributed by atoms with Gasteiger partial charge in [0.2, 0.25) is 0 Å². The zero-order valence-corrected chi connectivity index (χ0v) is 40.3. The van der Waals surface area contributed by atoms with Gasteiger partial charge in [0, 0.05) is 33.0 Å². The maximum absolute atomic E-state index is 12.3. The van der Waals surface area contributed by atoms with Crippen LogP contribution in [0.5, 0.6) is 17.2 Å². The number of azo groups is 3. The van der Waals surface area contributed by atoms with Crippen LogP contribution in [0.25, 0.3) is 43.1 Å². The average Bonchev–Trinajstić information content (AvgIpc) is 3.27. The first kappa shape index (κ1) is 51.8. The molecule has 9 N–H and O–H groups in total. The molecule has 378 valence electrons. The monoisotopic (exact) mass is 1120 g/mol. The fraction of sp³-hybridized carbons (Fsp3) is 0. The summed E-state index contributed by atoms with van der Waals surface area (Å²) >= 11 is 0. The zero-order valence-electron chi connectivity index (χ0n) is 35.4. The van der Waals surface area contributed by atoms with E-state index in [1.165, 1.54) is 18.2 Å². The van der Waals surface area contributed by atoms with Gasteiger partial charge < -0.3 is 15.3 Å². The predicted molar refractivity (Wildman–Crippen MR) is 252 cm³/mol. The average molecular weight is 1120 g/mol. The molecule has 33 heteroatoms. The number of phenols is 3. The van der Waals surface area contributed by atoms with Crippen LogP contribution in [-0.4, -0.2) is 93.1 Å². The molecule has 0 heterocycles. The molecule has 0 aromatic heterocycles. The number of hydrogen-bond acceptors (Lipinski definition) is 21. The molecule has 0 amide bonds. The molecule has 0 radical (unpaired) electrons. The first-order valence-corrected chi connectivity index (χ1v) is 27.9. The normalized spacial score (nSPS) is 13.5. The lowest BCUT2D eigenvalue weighted by Crippen LogP contribution is -2.01. The Bertz CT molecular complexity index is 4580. The van der Waals surface area contributed by atoms with Crippen LogP contribution in [0.2, 0.25) is 0 Å². The third kappa shape index (κ3) is 10.3. The van der Waals surface area contributed by atoms with E-state index in [0.29, 0.717) is 18.2 Å². The van der Waals surface area contributed by atoms with E-state index < -0.39 is 129 Å². The van der Waals surface area contributed by atoms with Crippen LogP contribution in [0.3, 0.4) is 0 Å². The minimum atomic E-state index is -5.26. The Morgan fingerprint density at radius 1 is 0.288 bits per heavy atom. The lowest BCUT2D eigenvalue weighted by Gasteiger charge is -2.12. The largest absolute Gasteiger partial charge is 0.507 e. The second kappa shape index (κ2) is 17.9. The number of phenolic OH excluding ortho intramolecular Hbond substituents is 3. The number of hydrogen-bond donors (Lipinski definition) is 9. The molecule has 0 aliphatic heterocycles. The number of aromatic hydroxyl groups is 3. The quantitative estimate of drug-likeness (QED) is 0.0411. The summed E-state index contributed by atoms with van der Waals surface area (Å²) in [7, 11) is -30.3. The maximum atomic E-state index is 12.3. The van der Waals surface area contributed by atoms with Crippen molar-refractivity contribution in [3.8, 4) is 17.2 Å². The van der Waals surface area contributed by atoms with Crippen LogP contribution >= 0.6 is 0 Å². The molecule has 0 atom stereocenters. The first-order valence-electron chi connectivity index (χ1n) is 19.3. The van der Waals surface area contributed by atoms with Crippen LogP contribution in [0.4, 0.5) is 34.1 Å². The van der Waals surface area contributed by atoms with Crippen molar-refractivity contribution in [1.29, 1.82) is 0 Å². The Labute approximate surface area is 409 Å². The van der Waals surface area contributed by atoms with Crippen LogP contribution in [-0.2, 0) is 60.7 Å². The van der Waals surface area contributed by atoms with Crippen LogP contribution in [0.1, 0.15) is 0 Å². The van der Waals surface area contributed by atoms with Crippen molar-refractivity contribution < 1.29 is 93.1 Å². The van der Waals surface area contributed by atoms with Gasteiger partial charge in [0.1, 0.15) is 27.0 Å². The van der Waals surface area contributed by atoms with Crippen molar-refractivity contribution in [3.05, 3.63) is 103 Å². The summed E-state index contributed by atoms with van der Waals surface area (Å²) in [6.07, 6.45) is 0. The highest BCUT2D eigenvalue weighted by Gasteiger charge is 2.27. The highest BCUT2D eigenvalue weighted by molar-refractivity contribution is 7.87. The number of rotatable bonds is 12. The molecular formula is C40H26N6O21S6. The molecule has 0 unspecified atom stereocenters. The van der Waals surface area contributed by atoms with Gasteiger partial charge in [-0.15, -0.1) is 30.7 Å². The van der Waals surface area contributed by atoms with E-state index in [4.69, 9.17) is 0 Å². The minimum Gasteiger partial charge on any atom is -0.507 e. The van der Waals surface area contributed by atoms with E-state index in [1.807, 2.05) is 0 Å². The highest BCUT2D eigenvalue weighted by Crippen LogP contribution is 2.47. The molecule has 73 heavy (non-hydrogen) atoms. The number of benzene rings is 8. The molecule has 0 saturated carbocycles. The fourth-order valence-electron chi connectivity index (χ4n) is 7.29. The van der Waals surface area contributed by atoms with E-state index in [0.717, 1.165) is 66.7 Å². The second-order valence-corrected chi connectivity index (χ2v) is 23.6. The lowest BCUT2D eigenvalue weighted by molar-refractivity contribution is 0.441. The van der Waals surface area contributed by atoms with Crippen molar-refractivity contribution in [1.82, 2.24) is 0 Å². The molecule has 8 aromatic rings. The number of fused-ring (bicyclic) bond motifs is 4. The third-order valence-electron chi connectivity index (χ3n) is 10.5. The molecule has 0 saturated heterocycles. The molecular weight excluding hydrogens is 1090 g/mol. The van der Waals surface area contributed by atoms with E-state index in [9.17, 15) is 93.1 Å². The second-order valence-electron chi connectivity index (χ2n) is 15.1. The van der Waals surface area contributed by atoms with Gasteiger partial charge in [0.25, 0.3) is 60.7 Å². The van der Waals surface area contributed by atoms with Gasteiger partial charge in [-0.1, -0.05) is 12.1 Å². The topological polar surface area (TPSA) is 461 Å². The van der Waals surface area contributed by atoms with Crippen LogP contribution < -0.4 is 0 Å². The molecule has 0 bridgehead atoms. The Balaban J connectivity index is 1.28. The van der Waals surface area contributed by atoms with Gasteiger partial charge in [-0.2, -0.15) is 50.5 Å². The minimum absolute atomic E-state index is 0.0158. The van der Waals surface area contributed by atoms with E-state index in [-0.39, 0.29) is 55.1 Å². The van der Waals surface area contributed by atoms with Gasteiger partial charge >= 0.3 is 0 Å². The summed E-state index contributed by atoms with van der Waals surface area (Å²) in [6, 6.07) is 15.6. The standard InChI is InChI=1S/C40H26N6O21S6/c47-34-16-22(71(59,60)61)12-18-11-21(70(56,57)58)15-32(37(18)34)45-42-29-7-8-30(26-13-19(68(50,51)52)2-4-24(26)29)43-41-28-6-9-31(27-14-20(69(53,54)55)1-3-23(27)28)44-46-33-17-36(73(65,66)67)39(48)25-5-10-35(72(62,63)64)40(49)38(25)33/h1-17,47-49H,(H,50,51,52)(H,53,54,55)(H,56,57,58)(H,59,60,61)(H,62,63,64)(H,65,66,67). The van der Waals surface area contributed by atoms with Gasteiger partial charge in [0.05, 0.1) is 64.5 Å². The van der Waals surface area contributed by atoms with Gasteiger partial charge in [0.15, 0.2) is 0 Å². The summed E-state index contributed by atoms with van der Waals surface area (Å²) in [5.74, 6) is -3.24. The molecule has 0 spiro atoms. The van der Waals surface area contributed by atoms with Crippen molar-refractivity contribution >= 4 is 138 Å². The maximum Gasteiger partial charge on any atom is 0.298 e. The van der Waals surface area contributed by atoms with Gasteiger partial charge in [-0.25, -0.2) is 0 Å². The predicted octanol–water partition coefficient (Wildman–Crippen LogP) is 8.14. The van der Waals surface area contributed by atoms with Crippen molar-refractivity contribution in [3.63, 3.8) is 0 Å². The lowest BCUT2D eigenvalue weighted by atomic mass is 10.1. The number of nitrogens with zero attached hydrogens (tertiary/aromatic N) is 6. The summed E-state index contributed by atoms with van der Waals surface area (Å²) in [5, 5.41) is 54.5. The Kier molecular flexibility index (Phi) is 12.7. The van der Waals surface area contributed by atoms with Gasteiger partial charge in [-0.05, 0) is 90.3 Å². The third-order valence-corrected chi connectivity index (χ3v) is 15.6. The van der Waals surface area contributed by atoms with E-state index in [2.05, 4.69) is 30.7 Å². The van der Waals surface area contributed by atoms with Crippen LogP contribution in [0.15, 0.2) is 163 Å². The zero-order chi connectivity index (χ0) is 53.5. The molecule has 27 nitrogen and oxygen atoms in total. The molecule has 8 rings (SSSR count). The van der Waals surface area contributed by atoms with Gasteiger partial charge in [-0.3, -0.25) is 27.3 Å². The molecule has 0 aliphatic rings. The Morgan fingerprint density at radius 2 is 0.658 bits per heavy atom. The van der Waals surface area contributed by atoms with Crippen molar-refractivity contribution in [2.24, 2.45) is 30.7 Å². The van der Waals surface area contributed by atoms with Crippen LogP contribution in [0, 0.1) is 0 Å². The smallest absolute Gasteiger partial charge is 0.298 e. The molecule has 8 aromatic carbocycles. The van der Waals surface area contributed by atoms with Crippen molar-refractivity contribution in [2.45, 2.75) is 29.4 Å².